The number of hydrogen-bond donors (Lipinski definition) is 1. The molecule has 0 heterocycles. The number of rotatable bonds is 5. The van der Waals surface area contributed by atoms with Gasteiger partial charge >= 0.3 is 0 Å². The van der Waals surface area contributed by atoms with Gasteiger partial charge in [-0.3, -0.25) is 10.1 Å². The molecule has 0 atom stereocenters. The third-order valence-electron chi connectivity index (χ3n) is 2.03. The van der Waals surface area contributed by atoms with Gasteiger partial charge in [-0.05, 0) is 26.2 Å². The molecule has 0 aromatic heterocycles. The van der Waals surface area contributed by atoms with Gasteiger partial charge in [-0.1, -0.05) is 11.6 Å². The first kappa shape index (κ1) is 12.7. The lowest BCUT2D eigenvalue weighted by Crippen LogP contribution is -2.20. The van der Waals surface area contributed by atoms with Crippen molar-refractivity contribution in [3.8, 4) is 0 Å². The highest BCUT2D eigenvalue weighted by atomic mass is 35.5. The molecule has 0 bridgehead atoms. The minimum atomic E-state index is -0.487. The predicted octanol–water partition coefficient (Wildman–Crippen LogP) is 2.22. The fourth-order valence-corrected chi connectivity index (χ4v) is 1.37. The van der Waals surface area contributed by atoms with E-state index in [1.807, 2.05) is 19.0 Å². The molecule has 16 heavy (non-hydrogen) atoms. The Labute approximate surface area is 99.2 Å². The summed E-state index contributed by atoms with van der Waals surface area (Å²) in [6, 6.07) is 4.70. The van der Waals surface area contributed by atoms with Crippen molar-refractivity contribution in [1.29, 1.82) is 0 Å². The van der Waals surface area contributed by atoms with Crippen molar-refractivity contribution in [2.75, 3.05) is 32.5 Å². The highest BCUT2D eigenvalue weighted by Gasteiger charge is 2.12. The molecule has 0 unspecified atom stereocenters. The number of hydrogen-bond acceptors (Lipinski definition) is 4. The summed E-state index contributed by atoms with van der Waals surface area (Å²) in [6.45, 7) is 1.59. The zero-order valence-electron chi connectivity index (χ0n) is 9.24. The van der Waals surface area contributed by atoms with E-state index < -0.39 is 4.92 Å². The van der Waals surface area contributed by atoms with Gasteiger partial charge in [-0.2, -0.15) is 0 Å². The summed E-state index contributed by atoms with van der Waals surface area (Å²) < 4.78 is 0. The zero-order chi connectivity index (χ0) is 12.1. The van der Waals surface area contributed by atoms with Crippen LogP contribution in [0.2, 0.25) is 5.02 Å². The molecule has 6 heteroatoms. The molecule has 0 spiro atoms. The molecule has 5 nitrogen and oxygen atoms in total. The van der Waals surface area contributed by atoms with Gasteiger partial charge in [0.15, 0.2) is 0 Å². The third kappa shape index (κ3) is 3.67. The number of nitrogens with zero attached hydrogens (tertiary/aromatic N) is 2. The van der Waals surface area contributed by atoms with E-state index in [1.165, 1.54) is 12.1 Å². The lowest BCUT2D eigenvalue weighted by molar-refractivity contribution is -0.384. The Balaban J connectivity index is 2.68. The predicted molar refractivity (Wildman–Crippen MR) is 65.2 cm³/mol. The monoisotopic (exact) mass is 243 g/mol. The van der Waals surface area contributed by atoms with Crippen LogP contribution in [0.25, 0.3) is 0 Å². The van der Waals surface area contributed by atoms with Crippen molar-refractivity contribution in [2.24, 2.45) is 0 Å². The van der Waals surface area contributed by atoms with Gasteiger partial charge in [0.25, 0.3) is 5.69 Å². The van der Waals surface area contributed by atoms with Crippen LogP contribution in [0.3, 0.4) is 0 Å². The normalized spacial score (nSPS) is 10.5. The second-order valence-corrected chi connectivity index (χ2v) is 4.06. The highest BCUT2D eigenvalue weighted by Crippen LogP contribution is 2.27. The Morgan fingerprint density at radius 1 is 1.50 bits per heavy atom. The van der Waals surface area contributed by atoms with Gasteiger partial charge in [0.2, 0.25) is 0 Å². The molecule has 1 rings (SSSR count). The minimum absolute atomic E-state index is 0.0727. The topological polar surface area (TPSA) is 58.4 Å². The highest BCUT2D eigenvalue weighted by molar-refractivity contribution is 6.32. The molecule has 0 aliphatic rings. The molecule has 1 aromatic carbocycles. The molecular weight excluding hydrogens is 230 g/mol. The van der Waals surface area contributed by atoms with Gasteiger partial charge in [-0.25, -0.2) is 0 Å². The molecule has 88 valence electrons. The largest absolute Gasteiger partial charge is 0.384 e. The van der Waals surface area contributed by atoms with Crippen LogP contribution in [0.4, 0.5) is 11.4 Å². The minimum Gasteiger partial charge on any atom is -0.384 e. The molecule has 0 fully saturated rings. The third-order valence-corrected chi connectivity index (χ3v) is 2.35. The fourth-order valence-electron chi connectivity index (χ4n) is 1.19. The van der Waals surface area contributed by atoms with Crippen molar-refractivity contribution in [1.82, 2.24) is 4.90 Å². The Morgan fingerprint density at radius 3 is 2.75 bits per heavy atom. The van der Waals surface area contributed by atoms with E-state index in [1.54, 1.807) is 6.07 Å². The first-order chi connectivity index (χ1) is 7.50. The number of nitrogens with one attached hydrogen (secondary N) is 1. The Kier molecular flexibility index (Phi) is 4.52. The van der Waals surface area contributed by atoms with Crippen molar-refractivity contribution < 1.29 is 4.92 Å². The van der Waals surface area contributed by atoms with Gasteiger partial charge in [-0.15, -0.1) is 0 Å². The maximum atomic E-state index is 10.6. The molecule has 0 saturated heterocycles. The maximum Gasteiger partial charge on any atom is 0.289 e. The van der Waals surface area contributed by atoms with Gasteiger partial charge in [0, 0.05) is 24.8 Å². The van der Waals surface area contributed by atoms with Crippen LogP contribution in [-0.4, -0.2) is 37.0 Å². The maximum absolute atomic E-state index is 10.6. The first-order valence-corrected chi connectivity index (χ1v) is 5.21. The molecule has 0 aliphatic heterocycles. The smallest absolute Gasteiger partial charge is 0.289 e. The van der Waals surface area contributed by atoms with Crippen LogP contribution in [-0.2, 0) is 0 Å². The summed E-state index contributed by atoms with van der Waals surface area (Å²) in [6.07, 6.45) is 0. The van der Waals surface area contributed by atoms with Gasteiger partial charge in [0.1, 0.15) is 5.02 Å². The number of nitro groups is 1. The molecule has 1 N–H and O–H groups in total. The second-order valence-electron chi connectivity index (χ2n) is 3.65. The number of nitro benzene ring substituents is 1. The zero-order valence-corrected chi connectivity index (χ0v) is 9.99. The average molecular weight is 244 g/mol. The van der Waals surface area contributed by atoms with E-state index in [-0.39, 0.29) is 10.7 Å². The summed E-state index contributed by atoms with van der Waals surface area (Å²) in [4.78, 5) is 12.2. The van der Waals surface area contributed by atoms with Crippen LogP contribution in [0.1, 0.15) is 0 Å². The number of halogens is 1. The van der Waals surface area contributed by atoms with E-state index in [0.29, 0.717) is 5.69 Å². The molecule has 0 radical (unpaired) electrons. The van der Waals surface area contributed by atoms with Crippen LogP contribution in [0.5, 0.6) is 0 Å². The quantitative estimate of drug-likeness (QED) is 0.636. The van der Waals surface area contributed by atoms with Crippen molar-refractivity contribution >= 4 is 23.0 Å². The van der Waals surface area contributed by atoms with Gasteiger partial charge in [0.05, 0.1) is 4.92 Å². The first-order valence-electron chi connectivity index (χ1n) is 4.83. The molecule has 0 aliphatic carbocycles. The van der Waals surface area contributed by atoms with E-state index in [2.05, 4.69) is 5.32 Å². The lowest BCUT2D eigenvalue weighted by Gasteiger charge is -2.11. The van der Waals surface area contributed by atoms with E-state index >= 15 is 0 Å². The summed E-state index contributed by atoms with van der Waals surface area (Å²) in [5, 5.41) is 13.9. The Hall–Kier alpha value is -1.33. The number of anilines is 1. The standard InChI is InChI=1S/C10H14ClN3O2/c1-13(2)6-5-12-8-3-4-9(11)10(7-8)14(15)16/h3-4,7,12H,5-6H2,1-2H3. The van der Waals surface area contributed by atoms with Crippen LogP contribution < -0.4 is 5.32 Å². The fraction of sp³-hybridized carbons (Fsp3) is 0.400. The van der Waals surface area contributed by atoms with Crippen molar-refractivity contribution in [3.63, 3.8) is 0 Å². The summed E-state index contributed by atoms with van der Waals surface area (Å²) >= 11 is 5.70. The molecule has 0 amide bonds. The van der Waals surface area contributed by atoms with Crippen molar-refractivity contribution in [2.45, 2.75) is 0 Å². The van der Waals surface area contributed by atoms with Gasteiger partial charge < -0.3 is 10.2 Å². The summed E-state index contributed by atoms with van der Waals surface area (Å²) in [5.41, 5.74) is 0.634. The van der Waals surface area contributed by atoms with E-state index in [4.69, 9.17) is 11.6 Å². The van der Waals surface area contributed by atoms with Crippen LogP contribution >= 0.6 is 11.6 Å². The van der Waals surface area contributed by atoms with E-state index in [0.717, 1.165) is 13.1 Å². The van der Waals surface area contributed by atoms with E-state index in [9.17, 15) is 10.1 Å². The molecular formula is C10H14ClN3O2. The number of likely N-dealkylation sites (N-methyl/N-ethyl adjacent to an activating group) is 1. The average Bonchev–Trinajstić information content (AvgIpc) is 2.19. The number of benzene rings is 1. The van der Waals surface area contributed by atoms with Crippen LogP contribution in [0.15, 0.2) is 18.2 Å². The second kappa shape index (κ2) is 5.67. The molecule has 1 aromatic rings. The Morgan fingerprint density at radius 2 is 2.19 bits per heavy atom. The van der Waals surface area contributed by atoms with Crippen molar-refractivity contribution in [3.05, 3.63) is 33.3 Å². The molecule has 0 saturated carbocycles. The lowest BCUT2D eigenvalue weighted by atomic mass is 10.3. The summed E-state index contributed by atoms with van der Waals surface area (Å²) in [5.74, 6) is 0. The summed E-state index contributed by atoms with van der Waals surface area (Å²) in [7, 11) is 3.93. The SMILES string of the molecule is CN(C)CCNc1ccc(Cl)c([N+](=O)[O-])c1. The van der Waals surface area contributed by atoms with Crippen LogP contribution in [0, 0.1) is 10.1 Å². The Bertz CT molecular complexity index is 382.